The number of aromatic amines is 2. The zero-order valence-electron chi connectivity index (χ0n) is 36.5. The van der Waals surface area contributed by atoms with Gasteiger partial charge in [0.15, 0.2) is 12.1 Å². The Balaban J connectivity index is 0.000000209. The maximum absolute atomic E-state index is 12.9. The van der Waals surface area contributed by atoms with Crippen LogP contribution in [0.2, 0.25) is 0 Å². The second-order valence-electron chi connectivity index (χ2n) is 15.8. The van der Waals surface area contributed by atoms with E-state index in [4.69, 9.17) is 33.5 Å². The number of carboxylic acids is 1. The summed E-state index contributed by atoms with van der Waals surface area (Å²) >= 11 is 0. The van der Waals surface area contributed by atoms with Crippen LogP contribution in [0.3, 0.4) is 0 Å². The lowest BCUT2D eigenvalue weighted by Crippen LogP contribution is -2.47. The Morgan fingerprint density at radius 1 is 0.731 bits per heavy atom. The molecule has 0 unspecified atom stereocenters. The van der Waals surface area contributed by atoms with Crippen LogP contribution in [0.4, 0.5) is 16.2 Å². The van der Waals surface area contributed by atoms with E-state index in [1.165, 1.54) is 0 Å². The zero-order chi connectivity index (χ0) is 48.4. The van der Waals surface area contributed by atoms with E-state index in [9.17, 15) is 24.0 Å². The molecule has 0 radical (unpaired) electrons. The molecule has 8 rings (SSSR count). The monoisotopic (exact) mass is 904 g/mol. The lowest BCUT2D eigenvalue weighted by Gasteiger charge is -2.21. The van der Waals surface area contributed by atoms with Crippen molar-refractivity contribution in [3.63, 3.8) is 0 Å². The Morgan fingerprint density at radius 2 is 1.16 bits per heavy atom. The lowest BCUT2D eigenvalue weighted by molar-refractivity contribution is -0.134. The van der Waals surface area contributed by atoms with E-state index >= 15 is 0 Å². The molecule has 0 fully saturated rings. The quantitative estimate of drug-likeness (QED) is 0.0786. The topological polar surface area (TPSA) is 283 Å². The van der Waals surface area contributed by atoms with Gasteiger partial charge in [0.05, 0.1) is 34.9 Å². The Labute approximate surface area is 382 Å². The van der Waals surface area contributed by atoms with Gasteiger partial charge in [-0.1, -0.05) is 60.7 Å². The van der Waals surface area contributed by atoms with Crippen LogP contribution in [-0.4, -0.2) is 94.0 Å². The molecule has 0 bridgehead atoms. The molecule has 0 saturated carbocycles. The summed E-state index contributed by atoms with van der Waals surface area (Å²) < 4.78 is 5.20. The smallest absolute Gasteiger partial charge is 0.408 e. The number of hydrogen-bond donors (Lipinski definition) is 9. The number of hydrazone groups is 2. The van der Waals surface area contributed by atoms with Crippen molar-refractivity contribution in [2.75, 3.05) is 23.7 Å². The fraction of sp³-hybridized carbons (Fsp3) is 0.191. The fourth-order valence-electron chi connectivity index (χ4n) is 6.95. The second kappa shape index (κ2) is 20.6. The van der Waals surface area contributed by atoms with Crippen molar-refractivity contribution in [1.29, 1.82) is 0 Å². The number of carbonyl (C=O) groups is 6. The molecule has 2 aromatic heterocycles. The summed E-state index contributed by atoms with van der Waals surface area (Å²) in [5.74, 6) is -2.73. The van der Waals surface area contributed by atoms with Gasteiger partial charge in [-0.05, 0) is 56.2 Å². The second-order valence-corrected chi connectivity index (χ2v) is 15.8. The number of anilines is 2. The van der Waals surface area contributed by atoms with Crippen molar-refractivity contribution in [2.24, 2.45) is 15.9 Å². The molecule has 20 heteroatoms. The number of carbonyl (C=O) groups excluding carboxylic acids is 5. The average Bonchev–Trinajstić information content (AvgIpc) is 3.71. The Bertz CT molecular complexity index is 3040. The van der Waals surface area contributed by atoms with Crippen molar-refractivity contribution < 1.29 is 38.6 Å². The Morgan fingerprint density at radius 3 is 1.58 bits per heavy atom. The molecule has 2 aliphatic rings. The van der Waals surface area contributed by atoms with Crippen LogP contribution in [0.25, 0.3) is 54.0 Å². The summed E-state index contributed by atoms with van der Waals surface area (Å²) in [4.78, 5) is 84.5. The Kier molecular flexibility index (Phi) is 14.5. The third-order valence-corrected chi connectivity index (χ3v) is 9.65. The molecule has 0 saturated heterocycles. The number of nitrogens with two attached hydrogens (primary N) is 1. The molecule has 0 aliphatic carbocycles. The van der Waals surface area contributed by atoms with E-state index in [1.54, 1.807) is 57.5 Å². The number of aliphatic carboxylic acids is 1. The first-order chi connectivity index (χ1) is 32.0. The minimum atomic E-state index is -1.14. The van der Waals surface area contributed by atoms with Crippen LogP contribution in [0.5, 0.6) is 0 Å². The molecule has 2 aliphatic heterocycles. The van der Waals surface area contributed by atoms with Crippen LogP contribution in [0, 0.1) is 13.1 Å². The highest BCUT2D eigenvalue weighted by atomic mass is 16.6. The third-order valence-electron chi connectivity index (χ3n) is 9.65. The van der Waals surface area contributed by atoms with Crippen LogP contribution in [0.1, 0.15) is 59.5 Å². The number of H-pyrrole nitrogens is 2. The first-order valence-corrected chi connectivity index (χ1v) is 20.4. The fourth-order valence-corrected chi connectivity index (χ4v) is 6.95. The van der Waals surface area contributed by atoms with E-state index in [0.717, 1.165) is 46.0 Å². The highest BCUT2D eigenvalue weighted by Gasteiger charge is 2.29. The van der Waals surface area contributed by atoms with Crippen LogP contribution in [-0.2, 0) is 19.1 Å². The van der Waals surface area contributed by atoms with Gasteiger partial charge in [-0.3, -0.25) is 24.0 Å². The van der Waals surface area contributed by atoms with Gasteiger partial charge < -0.3 is 51.2 Å². The molecule has 67 heavy (non-hydrogen) atoms. The number of nitrogens with one attached hydrogen (secondary N) is 7. The Hall–Kier alpha value is -9.14. The number of amides is 5. The van der Waals surface area contributed by atoms with Crippen molar-refractivity contribution in [3.8, 4) is 22.5 Å². The number of rotatable bonds is 9. The maximum atomic E-state index is 12.9. The van der Waals surface area contributed by atoms with Crippen molar-refractivity contribution in [3.05, 3.63) is 130 Å². The number of alkyl carbamates (subject to hydrolysis) is 1. The number of aromatic nitrogens is 2. The SMILES string of the molecule is CC(=O)O.[C-]#[N+]C[C@H](N)C(=O)Nc1cc2c3c(c(-c4ccccc4)[nH]c3c1)C=NNC2=O.[C-]#[N+]C[C@H](NC(=O)OC(C)(C)C)C(=O)Nc1cc2c3c(c(-c4ccccc4)[nH]c3c1)C=NNC2=O. The summed E-state index contributed by atoms with van der Waals surface area (Å²) in [5, 5.41) is 24.7. The van der Waals surface area contributed by atoms with E-state index < -0.39 is 47.5 Å². The van der Waals surface area contributed by atoms with Gasteiger partial charge in [0, 0.05) is 51.2 Å². The van der Waals surface area contributed by atoms with Gasteiger partial charge >= 0.3 is 6.09 Å². The van der Waals surface area contributed by atoms with Crippen LogP contribution >= 0.6 is 0 Å². The zero-order valence-corrected chi connectivity index (χ0v) is 36.5. The number of carboxylic acid groups (broad SMARTS) is 1. The molecule has 20 nitrogen and oxygen atoms in total. The first-order valence-electron chi connectivity index (χ1n) is 20.4. The highest BCUT2D eigenvalue weighted by molar-refractivity contribution is 6.19. The maximum Gasteiger partial charge on any atom is 0.408 e. The van der Waals surface area contributed by atoms with Gasteiger partial charge in [0.25, 0.3) is 23.7 Å². The van der Waals surface area contributed by atoms with Crippen LogP contribution in [0.15, 0.2) is 95.1 Å². The third kappa shape index (κ3) is 11.5. The molecule has 10 N–H and O–H groups in total. The first kappa shape index (κ1) is 47.3. The summed E-state index contributed by atoms with van der Waals surface area (Å²) in [5.41, 5.74) is 17.6. The standard InChI is InChI=1S/C25H24N6O4.C20H16N6O2.C2H4O2/c1-25(2,3)35-24(34)30-19(13-26-4)23(33)28-15-10-16-20-17(12-27-31-22(16)32)21(29-18(20)11-15)14-8-6-5-7-9-14;1-22-10-15(21)20(28)24-12-7-13-17-14(9-23-26-19(13)27)18(25-16(17)8-12)11-5-3-2-4-6-11;1-2(3)4/h5-12,19,29H,13H2,1-3H3,(H,28,33)(H,30,34)(H,31,32);2-9,15,25H,10,21H2,(H,24,28)(H,26,27);1H3,(H,3,4)/t19-;15-;/m00./s1. The molecule has 5 amide bonds. The lowest BCUT2D eigenvalue weighted by atomic mass is 10.0. The van der Waals surface area contributed by atoms with Gasteiger partial charge in [-0.2, -0.15) is 10.2 Å². The number of ether oxygens (including phenoxy) is 1. The van der Waals surface area contributed by atoms with Gasteiger partial charge in [-0.25, -0.2) is 28.8 Å². The number of hydrogen-bond acceptors (Lipinski definition) is 10. The van der Waals surface area contributed by atoms with Gasteiger partial charge in [0.2, 0.25) is 19.0 Å². The number of nitrogens with zero attached hydrogens (tertiary/aromatic N) is 4. The van der Waals surface area contributed by atoms with E-state index in [1.807, 2.05) is 60.7 Å². The molecular weight excluding hydrogens is 861 g/mol. The highest BCUT2D eigenvalue weighted by Crippen LogP contribution is 2.36. The predicted octanol–water partition coefficient (Wildman–Crippen LogP) is 5.85. The summed E-state index contributed by atoms with van der Waals surface area (Å²) in [6, 6.07) is 23.8. The van der Waals surface area contributed by atoms with E-state index in [0.29, 0.717) is 38.9 Å². The molecule has 4 heterocycles. The molecule has 4 aromatic carbocycles. The minimum Gasteiger partial charge on any atom is -0.481 e. The summed E-state index contributed by atoms with van der Waals surface area (Å²) in [6.45, 7) is 19.8. The van der Waals surface area contributed by atoms with E-state index in [-0.39, 0.29) is 19.0 Å². The van der Waals surface area contributed by atoms with Crippen LogP contribution < -0.4 is 32.5 Å². The van der Waals surface area contributed by atoms with Crippen molar-refractivity contribution in [1.82, 2.24) is 26.1 Å². The molecule has 340 valence electrons. The number of benzene rings is 4. The average molecular weight is 905 g/mol. The van der Waals surface area contributed by atoms with Gasteiger partial charge in [0.1, 0.15) is 5.60 Å². The van der Waals surface area contributed by atoms with Gasteiger partial charge in [-0.15, -0.1) is 0 Å². The van der Waals surface area contributed by atoms with Crippen molar-refractivity contribution in [2.45, 2.75) is 45.4 Å². The predicted molar refractivity (Wildman–Crippen MR) is 252 cm³/mol. The molecular formula is C47H44N12O8. The molecule has 2 atom stereocenters. The summed E-state index contributed by atoms with van der Waals surface area (Å²) in [7, 11) is 0. The largest absolute Gasteiger partial charge is 0.481 e. The van der Waals surface area contributed by atoms with Crippen molar-refractivity contribution >= 4 is 81.3 Å². The normalized spacial score (nSPS) is 13.0. The van der Waals surface area contributed by atoms with E-state index in [2.05, 4.69) is 56.7 Å². The summed E-state index contributed by atoms with van der Waals surface area (Å²) in [6.07, 6.45) is 2.39. The minimum absolute atomic E-state index is 0.111. The molecule has 6 aromatic rings. The molecule has 0 spiro atoms.